The van der Waals surface area contributed by atoms with Crippen LogP contribution in [-0.2, 0) is 9.59 Å². The number of aromatic amines is 1. The van der Waals surface area contributed by atoms with Gasteiger partial charge in [-0.15, -0.1) is 0 Å². The summed E-state index contributed by atoms with van der Waals surface area (Å²) in [7, 11) is 0. The zero-order chi connectivity index (χ0) is 12.7. The lowest BCUT2D eigenvalue weighted by atomic mass is 9.95. The third-order valence-electron chi connectivity index (χ3n) is 3.08. The number of benzene rings is 1. The number of ketones is 2. The molecule has 1 aliphatic rings. The average molecular weight is 237 g/mol. The number of rotatable bonds is 1. The summed E-state index contributed by atoms with van der Waals surface area (Å²) in [4.78, 5) is 26.4. The first kappa shape index (κ1) is 10.7. The molecule has 0 saturated heterocycles. The number of aromatic nitrogens is 1. The van der Waals surface area contributed by atoms with Crippen LogP contribution in [0.2, 0.25) is 0 Å². The van der Waals surface area contributed by atoms with Gasteiger partial charge in [0.15, 0.2) is 11.6 Å². The third-order valence-corrected chi connectivity index (χ3v) is 3.08. The van der Waals surface area contributed by atoms with E-state index in [0.717, 1.165) is 22.0 Å². The van der Waals surface area contributed by atoms with Gasteiger partial charge in [-0.1, -0.05) is 11.6 Å². The van der Waals surface area contributed by atoms with Crippen LogP contribution in [-0.4, -0.2) is 16.6 Å². The summed E-state index contributed by atoms with van der Waals surface area (Å²) >= 11 is 0. The van der Waals surface area contributed by atoms with E-state index in [2.05, 4.69) is 4.98 Å². The van der Waals surface area contributed by atoms with E-state index < -0.39 is 0 Å². The quantitative estimate of drug-likeness (QED) is 0.775. The first-order valence-electron chi connectivity index (χ1n) is 5.71. The van der Waals surface area contributed by atoms with Gasteiger partial charge in [-0.2, -0.15) is 0 Å². The predicted octanol–water partition coefficient (Wildman–Crippen LogP) is 2.57. The number of carbonyl (C=O) groups excluding carboxylic acids is 2. The first-order chi connectivity index (χ1) is 8.65. The van der Waals surface area contributed by atoms with Gasteiger partial charge in [0.1, 0.15) is 0 Å². The molecule has 0 unspecified atom stereocenters. The lowest BCUT2D eigenvalue weighted by Gasteiger charge is -2.05. The van der Waals surface area contributed by atoms with Crippen molar-refractivity contribution < 1.29 is 9.59 Å². The Morgan fingerprint density at radius 1 is 1.11 bits per heavy atom. The molecular weight excluding hydrogens is 226 g/mol. The number of nitrogens with one attached hydrogen (secondary N) is 1. The van der Waals surface area contributed by atoms with E-state index >= 15 is 0 Å². The minimum atomic E-state index is -0.147. The lowest BCUT2D eigenvalue weighted by Crippen LogP contribution is -2.06. The van der Waals surface area contributed by atoms with Gasteiger partial charge >= 0.3 is 0 Å². The van der Waals surface area contributed by atoms with E-state index in [1.54, 1.807) is 6.20 Å². The van der Waals surface area contributed by atoms with E-state index in [0.29, 0.717) is 5.57 Å². The van der Waals surface area contributed by atoms with Crippen molar-refractivity contribution in [3.63, 3.8) is 0 Å². The second-order valence-corrected chi connectivity index (χ2v) is 4.41. The Kier molecular flexibility index (Phi) is 2.27. The van der Waals surface area contributed by atoms with Gasteiger partial charge in [-0.05, 0) is 37.3 Å². The molecule has 0 saturated carbocycles. The van der Waals surface area contributed by atoms with Gasteiger partial charge < -0.3 is 4.98 Å². The van der Waals surface area contributed by atoms with Crippen LogP contribution in [0.5, 0.6) is 0 Å². The van der Waals surface area contributed by atoms with Gasteiger partial charge in [-0.3, -0.25) is 9.59 Å². The highest BCUT2D eigenvalue weighted by Gasteiger charge is 2.18. The van der Waals surface area contributed by atoms with Crippen LogP contribution in [0.15, 0.2) is 42.6 Å². The molecule has 1 N–H and O–H groups in total. The molecule has 1 aliphatic carbocycles. The van der Waals surface area contributed by atoms with Gasteiger partial charge in [0, 0.05) is 28.2 Å². The van der Waals surface area contributed by atoms with Crippen LogP contribution in [0, 0.1) is 6.92 Å². The number of H-pyrrole nitrogens is 1. The van der Waals surface area contributed by atoms with E-state index in [-0.39, 0.29) is 11.6 Å². The molecule has 3 heteroatoms. The number of aryl methyl sites for hydroxylation is 1. The molecule has 0 bridgehead atoms. The second kappa shape index (κ2) is 3.81. The molecule has 0 fully saturated rings. The Hall–Kier alpha value is -2.42. The fourth-order valence-electron chi connectivity index (χ4n) is 2.18. The summed E-state index contributed by atoms with van der Waals surface area (Å²) in [6, 6.07) is 5.99. The Balaban J connectivity index is 2.23. The number of hydrogen-bond acceptors (Lipinski definition) is 2. The van der Waals surface area contributed by atoms with Crippen LogP contribution in [0.1, 0.15) is 11.1 Å². The zero-order valence-corrected chi connectivity index (χ0v) is 9.86. The van der Waals surface area contributed by atoms with E-state index in [9.17, 15) is 9.59 Å². The smallest absolute Gasteiger partial charge is 0.186 e. The van der Waals surface area contributed by atoms with Gasteiger partial charge in [0.25, 0.3) is 0 Å². The molecule has 3 nitrogen and oxygen atoms in total. The molecule has 1 aromatic heterocycles. The van der Waals surface area contributed by atoms with Crippen molar-refractivity contribution in [3.05, 3.63) is 53.8 Å². The highest BCUT2D eigenvalue weighted by Crippen LogP contribution is 2.28. The van der Waals surface area contributed by atoms with Gasteiger partial charge in [0.2, 0.25) is 0 Å². The number of fused-ring (bicyclic) bond motifs is 1. The van der Waals surface area contributed by atoms with Crippen molar-refractivity contribution in [3.8, 4) is 0 Å². The fraction of sp³-hybridized carbons (Fsp3) is 0.0667. The van der Waals surface area contributed by atoms with Crippen molar-refractivity contribution in [2.75, 3.05) is 0 Å². The Morgan fingerprint density at radius 2 is 1.94 bits per heavy atom. The minimum Gasteiger partial charge on any atom is -0.361 e. The molecular formula is C15H11NO2. The maximum Gasteiger partial charge on any atom is 0.186 e. The summed E-state index contributed by atoms with van der Waals surface area (Å²) in [6.07, 6.45) is 5.80. The van der Waals surface area contributed by atoms with Gasteiger partial charge in [-0.25, -0.2) is 0 Å². The highest BCUT2D eigenvalue weighted by molar-refractivity contribution is 6.35. The fourth-order valence-corrected chi connectivity index (χ4v) is 2.18. The largest absolute Gasteiger partial charge is 0.361 e. The van der Waals surface area contributed by atoms with E-state index in [1.807, 2.05) is 25.1 Å². The molecule has 0 spiro atoms. The molecule has 0 atom stereocenters. The average Bonchev–Trinajstić information content (AvgIpc) is 2.75. The molecule has 0 radical (unpaired) electrons. The molecule has 1 aromatic carbocycles. The van der Waals surface area contributed by atoms with Crippen LogP contribution in [0.3, 0.4) is 0 Å². The van der Waals surface area contributed by atoms with Crippen molar-refractivity contribution in [2.45, 2.75) is 6.92 Å². The Bertz CT molecular complexity index is 732. The van der Waals surface area contributed by atoms with E-state index in [4.69, 9.17) is 0 Å². The molecule has 0 amide bonds. The summed E-state index contributed by atoms with van der Waals surface area (Å²) < 4.78 is 0. The molecule has 18 heavy (non-hydrogen) atoms. The van der Waals surface area contributed by atoms with E-state index in [1.165, 1.54) is 18.2 Å². The maximum absolute atomic E-state index is 11.8. The van der Waals surface area contributed by atoms with Crippen molar-refractivity contribution in [1.29, 1.82) is 0 Å². The SMILES string of the molecule is Cc1ccc2[nH]cc(C3=CC(=O)C=CC3=O)c2c1. The lowest BCUT2D eigenvalue weighted by molar-refractivity contribution is -0.113. The van der Waals surface area contributed by atoms with Crippen molar-refractivity contribution >= 4 is 28.0 Å². The Morgan fingerprint density at radius 3 is 2.78 bits per heavy atom. The molecule has 88 valence electrons. The van der Waals surface area contributed by atoms with Crippen molar-refractivity contribution in [1.82, 2.24) is 4.98 Å². The Labute approximate surface area is 104 Å². The predicted molar refractivity (Wildman–Crippen MR) is 70.2 cm³/mol. The van der Waals surface area contributed by atoms with Crippen LogP contribution >= 0.6 is 0 Å². The minimum absolute atomic E-state index is 0.128. The monoisotopic (exact) mass is 237 g/mol. The normalized spacial score (nSPS) is 15.3. The summed E-state index contributed by atoms with van der Waals surface area (Å²) in [6.45, 7) is 2.00. The molecule has 3 rings (SSSR count). The summed E-state index contributed by atoms with van der Waals surface area (Å²) in [5, 5.41) is 0.970. The summed E-state index contributed by atoms with van der Waals surface area (Å²) in [5.74, 6) is -0.274. The summed E-state index contributed by atoms with van der Waals surface area (Å²) in [5.41, 5.74) is 3.33. The van der Waals surface area contributed by atoms with Gasteiger partial charge in [0.05, 0.1) is 0 Å². The van der Waals surface area contributed by atoms with Crippen LogP contribution in [0.4, 0.5) is 0 Å². The maximum atomic E-state index is 11.8. The standard InChI is InChI=1S/C15H11NO2/c1-9-2-4-14-11(6-9)13(8-16-14)12-7-10(17)3-5-15(12)18/h2-8,16H,1H3. The highest BCUT2D eigenvalue weighted by atomic mass is 16.1. The van der Waals surface area contributed by atoms with Crippen LogP contribution in [0.25, 0.3) is 16.5 Å². The first-order valence-corrected chi connectivity index (χ1v) is 5.71. The molecule has 1 heterocycles. The van der Waals surface area contributed by atoms with Crippen molar-refractivity contribution in [2.24, 2.45) is 0 Å². The second-order valence-electron chi connectivity index (χ2n) is 4.41. The van der Waals surface area contributed by atoms with Crippen LogP contribution < -0.4 is 0 Å². The number of carbonyl (C=O) groups is 2. The third kappa shape index (κ3) is 1.61. The number of hydrogen-bond donors (Lipinski definition) is 1. The zero-order valence-electron chi connectivity index (χ0n) is 9.86. The molecule has 2 aromatic rings. The number of allylic oxidation sites excluding steroid dienone is 4. The topological polar surface area (TPSA) is 49.9 Å². The molecule has 0 aliphatic heterocycles.